The van der Waals surface area contributed by atoms with Crippen LogP contribution in [-0.4, -0.2) is 16.3 Å². The van der Waals surface area contributed by atoms with Gasteiger partial charge in [0.05, 0.1) is 5.69 Å². The second-order valence-electron chi connectivity index (χ2n) is 5.28. The summed E-state index contributed by atoms with van der Waals surface area (Å²) in [6, 6.07) is 8.94. The highest BCUT2D eigenvalue weighted by Gasteiger charge is 2.21. The zero-order chi connectivity index (χ0) is 13.9. The lowest BCUT2D eigenvalue weighted by Crippen LogP contribution is -2.18. The van der Waals surface area contributed by atoms with Crippen LogP contribution in [0.1, 0.15) is 36.2 Å². The Labute approximate surface area is 119 Å². The van der Waals surface area contributed by atoms with Crippen molar-refractivity contribution >= 4 is 0 Å². The molecule has 1 aliphatic rings. The van der Waals surface area contributed by atoms with E-state index in [2.05, 4.69) is 35.5 Å². The van der Waals surface area contributed by atoms with Crippen LogP contribution in [0.15, 0.2) is 30.5 Å². The monoisotopic (exact) mass is 271 g/mol. The topological polar surface area (TPSA) is 39.1 Å². The van der Waals surface area contributed by atoms with Crippen molar-refractivity contribution in [3.05, 3.63) is 47.3 Å². The molecule has 1 aromatic heterocycles. The number of hydrogen-bond donors (Lipinski definition) is 1. The van der Waals surface area contributed by atoms with Crippen LogP contribution in [0.4, 0.5) is 0 Å². The van der Waals surface area contributed by atoms with Crippen molar-refractivity contribution in [2.75, 3.05) is 6.54 Å². The fourth-order valence-electron chi connectivity index (χ4n) is 2.84. The Bertz CT molecular complexity index is 591. The molecular formula is C16H21N3O. The van der Waals surface area contributed by atoms with Crippen LogP contribution in [0.2, 0.25) is 0 Å². The van der Waals surface area contributed by atoms with E-state index in [0.717, 1.165) is 24.4 Å². The van der Waals surface area contributed by atoms with E-state index < -0.39 is 0 Å². The van der Waals surface area contributed by atoms with Gasteiger partial charge in [-0.1, -0.05) is 13.0 Å². The molecule has 1 aliphatic carbocycles. The molecule has 1 aromatic carbocycles. The Kier molecular flexibility index (Phi) is 3.74. The van der Waals surface area contributed by atoms with Gasteiger partial charge in [0.15, 0.2) is 0 Å². The molecule has 2 aromatic rings. The lowest BCUT2D eigenvalue weighted by Gasteiger charge is -2.13. The zero-order valence-corrected chi connectivity index (χ0v) is 12.1. The molecule has 1 atom stereocenters. The second kappa shape index (κ2) is 5.67. The maximum Gasteiger partial charge on any atom is 0.132 e. The molecule has 0 fully saturated rings. The molecule has 106 valence electrons. The largest absolute Gasteiger partial charge is 0.487 e. The molecule has 1 heterocycles. The Morgan fingerprint density at radius 1 is 1.40 bits per heavy atom. The van der Waals surface area contributed by atoms with Crippen LogP contribution in [-0.2, 0) is 20.1 Å². The molecule has 4 nitrogen and oxygen atoms in total. The molecule has 4 heteroatoms. The predicted octanol–water partition coefficient (Wildman–Crippen LogP) is 2.60. The molecule has 0 saturated carbocycles. The van der Waals surface area contributed by atoms with E-state index in [1.165, 1.54) is 17.5 Å². The summed E-state index contributed by atoms with van der Waals surface area (Å²) >= 11 is 0. The van der Waals surface area contributed by atoms with Gasteiger partial charge in [-0.05, 0) is 48.7 Å². The number of nitrogens with zero attached hydrogens (tertiary/aromatic N) is 2. The van der Waals surface area contributed by atoms with E-state index in [0.29, 0.717) is 12.6 Å². The van der Waals surface area contributed by atoms with Gasteiger partial charge in [0.25, 0.3) is 0 Å². The summed E-state index contributed by atoms with van der Waals surface area (Å²) in [7, 11) is 1.92. The Hall–Kier alpha value is -1.81. The van der Waals surface area contributed by atoms with Crippen molar-refractivity contribution in [2.45, 2.75) is 32.4 Å². The smallest absolute Gasteiger partial charge is 0.132 e. The minimum Gasteiger partial charge on any atom is -0.487 e. The molecule has 0 bridgehead atoms. The number of aromatic nitrogens is 2. The van der Waals surface area contributed by atoms with Gasteiger partial charge in [-0.15, -0.1) is 0 Å². The first kappa shape index (κ1) is 13.2. The number of benzene rings is 1. The summed E-state index contributed by atoms with van der Waals surface area (Å²) in [5.74, 6) is 0.937. The summed E-state index contributed by atoms with van der Waals surface area (Å²) in [5, 5.41) is 7.84. The van der Waals surface area contributed by atoms with Gasteiger partial charge in [0, 0.05) is 19.3 Å². The molecule has 0 radical (unpaired) electrons. The Morgan fingerprint density at radius 3 is 3.05 bits per heavy atom. The van der Waals surface area contributed by atoms with Gasteiger partial charge in [-0.2, -0.15) is 5.10 Å². The first-order chi connectivity index (χ1) is 9.76. The van der Waals surface area contributed by atoms with Crippen molar-refractivity contribution in [1.82, 2.24) is 15.1 Å². The van der Waals surface area contributed by atoms with Gasteiger partial charge >= 0.3 is 0 Å². The van der Waals surface area contributed by atoms with Crippen LogP contribution in [0.5, 0.6) is 5.75 Å². The van der Waals surface area contributed by atoms with Crippen LogP contribution < -0.4 is 10.1 Å². The van der Waals surface area contributed by atoms with Crippen LogP contribution in [0.3, 0.4) is 0 Å². The molecular weight excluding hydrogens is 250 g/mol. The average Bonchev–Trinajstić information content (AvgIpc) is 3.04. The SMILES string of the molecule is CCNC1CCc2cc(OCc3ccn(C)n3)ccc21. The van der Waals surface area contributed by atoms with Crippen molar-refractivity contribution in [2.24, 2.45) is 7.05 Å². The van der Waals surface area contributed by atoms with E-state index in [9.17, 15) is 0 Å². The van der Waals surface area contributed by atoms with Crippen molar-refractivity contribution in [3.8, 4) is 5.75 Å². The first-order valence-corrected chi connectivity index (χ1v) is 7.24. The first-order valence-electron chi connectivity index (χ1n) is 7.24. The molecule has 1 unspecified atom stereocenters. The van der Waals surface area contributed by atoms with Crippen molar-refractivity contribution < 1.29 is 4.74 Å². The summed E-state index contributed by atoms with van der Waals surface area (Å²) in [4.78, 5) is 0. The minimum absolute atomic E-state index is 0.514. The highest BCUT2D eigenvalue weighted by atomic mass is 16.5. The summed E-state index contributed by atoms with van der Waals surface area (Å²) < 4.78 is 7.62. The lowest BCUT2D eigenvalue weighted by atomic mass is 10.1. The third-order valence-corrected chi connectivity index (χ3v) is 3.80. The lowest BCUT2D eigenvalue weighted by molar-refractivity contribution is 0.299. The van der Waals surface area contributed by atoms with E-state index in [1.807, 2.05) is 19.3 Å². The van der Waals surface area contributed by atoms with Gasteiger partial charge in [0.2, 0.25) is 0 Å². The van der Waals surface area contributed by atoms with E-state index in [-0.39, 0.29) is 0 Å². The maximum atomic E-state index is 5.83. The Balaban J connectivity index is 1.67. The normalized spacial score (nSPS) is 17.2. The molecule has 0 spiro atoms. The average molecular weight is 271 g/mol. The number of hydrogen-bond acceptors (Lipinski definition) is 3. The number of nitrogens with one attached hydrogen (secondary N) is 1. The third-order valence-electron chi connectivity index (χ3n) is 3.80. The number of ether oxygens (including phenoxy) is 1. The van der Waals surface area contributed by atoms with Crippen LogP contribution >= 0.6 is 0 Å². The van der Waals surface area contributed by atoms with E-state index in [1.54, 1.807) is 4.68 Å². The Morgan fingerprint density at radius 2 is 2.30 bits per heavy atom. The standard InChI is InChI=1S/C16H21N3O/c1-3-17-16-7-4-12-10-14(5-6-15(12)16)20-11-13-8-9-19(2)18-13/h5-6,8-10,16-17H,3-4,7,11H2,1-2H3. The molecule has 0 saturated heterocycles. The summed E-state index contributed by atoms with van der Waals surface area (Å²) in [6.07, 6.45) is 4.25. The number of aryl methyl sites for hydroxylation is 2. The molecule has 0 amide bonds. The van der Waals surface area contributed by atoms with Crippen molar-refractivity contribution in [1.29, 1.82) is 0 Å². The molecule has 1 N–H and O–H groups in total. The van der Waals surface area contributed by atoms with Crippen LogP contribution in [0.25, 0.3) is 0 Å². The highest BCUT2D eigenvalue weighted by molar-refractivity contribution is 5.40. The molecule has 20 heavy (non-hydrogen) atoms. The highest BCUT2D eigenvalue weighted by Crippen LogP contribution is 2.33. The van der Waals surface area contributed by atoms with Gasteiger partial charge in [-0.25, -0.2) is 0 Å². The maximum absolute atomic E-state index is 5.83. The van der Waals surface area contributed by atoms with Crippen LogP contribution in [0, 0.1) is 0 Å². The van der Waals surface area contributed by atoms with Gasteiger partial charge in [0.1, 0.15) is 12.4 Å². The summed E-state index contributed by atoms with van der Waals surface area (Å²) in [6.45, 7) is 3.70. The fourth-order valence-corrected chi connectivity index (χ4v) is 2.84. The van der Waals surface area contributed by atoms with E-state index >= 15 is 0 Å². The van der Waals surface area contributed by atoms with Gasteiger partial charge < -0.3 is 10.1 Å². The molecule has 3 rings (SSSR count). The summed E-state index contributed by atoms with van der Waals surface area (Å²) in [5.41, 5.74) is 3.80. The third kappa shape index (κ3) is 2.70. The predicted molar refractivity (Wildman–Crippen MR) is 78.7 cm³/mol. The zero-order valence-electron chi connectivity index (χ0n) is 12.1. The second-order valence-corrected chi connectivity index (χ2v) is 5.28. The minimum atomic E-state index is 0.514. The molecule has 0 aliphatic heterocycles. The number of fused-ring (bicyclic) bond motifs is 1. The van der Waals surface area contributed by atoms with Gasteiger partial charge in [-0.3, -0.25) is 4.68 Å². The number of rotatable bonds is 5. The van der Waals surface area contributed by atoms with E-state index in [4.69, 9.17) is 4.74 Å². The quantitative estimate of drug-likeness (QED) is 0.908. The van der Waals surface area contributed by atoms with Crippen molar-refractivity contribution in [3.63, 3.8) is 0 Å². The fraction of sp³-hybridized carbons (Fsp3) is 0.438.